The number of halogens is 2. The monoisotopic (exact) mass is 208 g/mol. The van der Waals surface area contributed by atoms with E-state index in [9.17, 15) is 4.39 Å². The molecule has 70 valence electrons. The van der Waals surface area contributed by atoms with Crippen LogP contribution >= 0.6 is 11.6 Å². The second-order valence-corrected chi connectivity index (χ2v) is 3.09. The zero-order chi connectivity index (χ0) is 9.97. The molecule has 1 aromatic carbocycles. The molecule has 0 aliphatic rings. The van der Waals surface area contributed by atoms with Crippen LogP contribution in [0.4, 0.5) is 4.39 Å². The van der Waals surface area contributed by atoms with E-state index in [1.165, 1.54) is 12.1 Å². The molecule has 2 nitrogen and oxygen atoms in total. The highest BCUT2D eigenvalue weighted by Gasteiger charge is 1.99. The van der Waals surface area contributed by atoms with Crippen LogP contribution in [-0.4, -0.2) is 9.97 Å². The smallest absolute Gasteiger partial charge is 0.222 e. The summed E-state index contributed by atoms with van der Waals surface area (Å²) < 4.78 is 12.9. The van der Waals surface area contributed by atoms with Gasteiger partial charge in [0.15, 0.2) is 0 Å². The van der Waals surface area contributed by atoms with E-state index >= 15 is 0 Å². The first-order valence-corrected chi connectivity index (χ1v) is 4.37. The molecule has 1 heterocycles. The van der Waals surface area contributed by atoms with E-state index in [1.54, 1.807) is 24.5 Å². The topological polar surface area (TPSA) is 25.8 Å². The average molecular weight is 209 g/mol. The van der Waals surface area contributed by atoms with Crippen LogP contribution in [0.3, 0.4) is 0 Å². The molecule has 0 radical (unpaired) electrons. The molecule has 1 aromatic heterocycles. The highest BCUT2D eigenvalue weighted by Crippen LogP contribution is 2.18. The first kappa shape index (κ1) is 9.09. The predicted molar refractivity (Wildman–Crippen MR) is 52.4 cm³/mol. The third-order valence-electron chi connectivity index (χ3n) is 1.78. The number of aromatic nitrogens is 2. The van der Waals surface area contributed by atoms with Gasteiger partial charge >= 0.3 is 0 Å². The van der Waals surface area contributed by atoms with Crippen molar-refractivity contribution in [2.45, 2.75) is 0 Å². The summed E-state index contributed by atoms with van der Waals surface area (Å²) in [5.41, 5.74) is 1.48. The quantitative estimate of drug-likeness (QED) is 0.674. The molecule has 0 amide bonds. The van der Waals surface area contributed by atoms with Crippen LogP contribution in [0.25, 0.3) is 11.1 Å². The van der Waals surface area contributed by atoms with Crippen molar-refractivity contribution in [1.82, 2.24) is 9.97 Å². The van der Waals surface area contributed by atoms with Gasteiger partial charge < -0.3 is 0 Å². The summed E-state index contributed by atoms with van der Waals surface area (Å²) in [5, 5.41) is 0.185. The van der Waals surface area contributed by atoms with E-state index in [2.05, 4.69) is 9.97 Å². The Kier molecular flexibility index (Phi) is 2.41. The van der Waals surface area contributed by atoms with Crippen molar-refractivity contribution in [3.8, 4) is 11.1 Å². The van der Waals surface area contributed by atoms with Crippen LogP contribution in [0.2, 0.25) is 5.28 Å². The van der Waals surface area contributed by atoms with Gasteiger partial charge in [0.2, 0.25) is 5.28 Å². The van der Waals surface area contributed by atoms with E-state index in [1.807, 2.05) is 0 Å². The van der Waals surface area contributed by atoms with Crippen LogP contribution in [0.15, 0.2) is 36.7 Å². The second-order valence-electron chi connectivity index (χ2n) is 2.75. The van der Waals surface area contributed by atoms with Crippen molar-refractivity contribution in [3.05, 3.63) is 47.8 Å². The lowest BCUT2D eigenvalue weighted by Crippen LogP contribution is -1.84. The van der Waals surface area contributed by atoms with Gasteiger partial charge in [-0.1, -0.05) is 12.1 Å². The summed E-state index contributed by atoms with van der Waals surface area (Å²) in [6, 6.07) is 6.24. The summed E-state index contributed by atoms with van der Waals surface area (Å²) in [4.78, 5) is 7.63. The van der Waals surface area contributed by atoms with Crippen molar-refractivity contribution in [1.29, 1.82) is 0 Å². The van der Waals surface area contributed by atoms with Crippen molar-refractivity contribution >= 4 is 11.6 Å². The Hall–Kier alpha value is -1.48. The molecule has 0 bridgehead atoms. The maximum absolute atomic E-state index is 12.9. The van der Waals surface area contributed by atoms with E-state index in [4.69, 9.17) is 11.6 Å². The molecule has 0 unspecified atom stereocenters. The molecule has 0 atom stereocenters. The molecule has 0 aliphatic heterocycles. The molecule has 0 fully saturated rings. The minimum Gasteiger partial charge on any atom is -0.226 e. The van der Waals surface area contributed by atoms with Gasteiger partial charge in [-0.15, -0.1) is 0 Å². The molecule has 0 aliphatic carbocycles. The number of rotatable bonds is 1. The molecule has 0 N–H and O–H groups in total. The minimum absolute atomic E-state index is 0.185. The number of nitrogens with zero attached hydrogens (tertiary/aromatic N) is 2. The summed E-state index contributed by atoms with van der Waals surface area (Å²) >= 11 is 5.53. The van der Waals surface area contributed by atoms with Crippen molar-refractivity contribution < 1.29 is 4.39 Å². The third-order valence-corrected chi connectivity index (χ3v) is 1.97. The zero-order valence-corrected chi connectivity index (χ0v) is 7.87. The molecule has 2 rings (SSSR count). The lowest BCUT2D eigenvalue weighted by molar-refractivity contribution is 0.628. The van der Waals surface area contributed by atoms with Crippen LogP contribution in [-0.2, 0) is 0 Å². The van der Waals surface area contributed by atoms with Gasteiger partial charge in [-0.05, 0) is 29.3 Å². The van der Waals surface area contributed by atoms with Crippen LogP contribution in [0.1, 0.15) is 0 Å². The summed E-state index contributed by atoms with van der Waals surface area (Å²) in [6.45, 7) is 0. The molecular weight excluding hydrogens is 203 g/mol. The molecule has 14 heavy (non-hydrogen) atoms. The Bertz CT molecular complexity index is 442. The fourth-order valence-corrected chi connectivity index (χ4v) is 1.23. The third kappa shape index (κ3) is 1.88. The maximum Gasteiger partial charge on any atom is 0.222 e. The van der Waals surface area contributed by atoms with Crippen molar-refractivity contribution in [2.24, 2.45) is 0 Å². The van der Waals surface area contributed by atoms with Gasteiger partial charge in [-0.3, -0.25) is 0 Å². The lowest BCUT2D eigenvalue weighted by Gasteiger charge is -1.99. The fourth-order valence-electron chi connectivity index (χ4n) is 1.13. The summed E-state index contributed by atoms with van der Waals surface area (Å²) in [5.74, 6) is -0.280. The van der Waals surface area contributed by atoms with Crippen molar-refractivity contribution in [3.63, 3.8) is 0 Å². The largest absolute Gasteiger partial charge is 0.226 e. The molecule has 0 saturated heterocycles. The van der Waals surface area contributed by atoms with E-state index < -0.39 is 0 Å². The average Bonchev–Trinajstić information content (AvgIpc) is 2.19. The number of hydrogen-bond acceptors (Lipinski definition) is 2. The van der Waals surface area contributed by atoms with E-state index in [-0.39, 0.29) is 11.1 Å². The van der Waals surface area contributed by atoms with Crippen LogP contribution in [0, 0.1) is 5.82 Å². The predicted octanol–water partition coefficient (Wildman–Crippen LogP) is 2.94. The second kappa shape index (κ2) is 3.72. The number of hydrogen-bond donors (Lipinski definition) is 0. The maximum atomic E-state index is 12.9. The molecule has 0 saturated carbocycles. The normalized spacial score (nSPS) is 10.1. The minimum atomic E-state index is -0.280. The van der Waals surface area contributed by atoms with Gasteiger partial charge in [-0.25, -0.2) is 14.4 Å². The first-order chi connectivity index (χ1) is 6.75. The Morgan fingerprint density at radius 3 is 2.43 bits per heavy atom. The highest BCUT2D eigenvalue weighted by molar-refractivity contribution is 6.28. The van der Waals surface area contributed by atoms with Gasteiger partial charge in [0.1, 0.15) is 5.82 Å². The standard InChI is InChI=1S/C10H6ClFN2/c11-10-13-5-8(6-14-10)7-2-1-3-9(12)4-7/h1-6H. The van der Waals surface area contributed by atoms with Gasteiger partial charge in [0.05, 0.1) is 0 Å². The molecule has 4 heteroatoms. The van der Waals surface area contributed by atoms with Gasteiger partial charge in [-0.2, -0.15) is 0 Å². The first-order valence-electron chi connectivity index (χ1n) is 3.99. The number of benzene rings is 1. The Morgan fingerprint density at radius 1 is 1.07 bits per heavy atom. The molecule has 2 aromatic rings. The highest BCUT2D eigenvalue weighted by atomic mass is 35.5. The fraction of sp³-hybridized carbons (Fsp3) is 0. The lowest BCUT2D eigenvalue weighted by atomic mass is 10.1. The molecular formula is C10H6ClFN2. The Morgan fingerprint density at radius 2 is 1.79 bits per heavy atom. The van der Waals surface area contributed by atoms with Crippen LogP contribution in [0.5, 0.6) is 0 Å². The van der Waals surface area contributed by atoms with E-state index in [0.717, 1.165) is 11.1 Å². The zero-order valence-electron chi connectivity index (χ0n) is 7.11. The Labute approximate surface area is 85.4 Å². The SMILES string of the molecule is Fc1cccc(-c2cnc(Cl)nc2)c1. The summed E-state index contributed by atoms with van der Waals surface area (Å²) in [7, 11) is 0. The van der Waals surface area contributed by atoms with Crippen molar-refractivity contribution in [2.75, 3.05) is 0 Å². The molecule has 0 spiro atoms. The summed E-state index contributed by atoms with van der Waals surface area (Å²) in [6.07, 6.45) is 3.12. The van der Waals surface area contributed by atoms with Crippen LogP contribution < -0.4 is 0 Å². The van der Waals surface area contributed by atoms with Gasteiger partial charge in [0, 0.05) is 18.0 Å². The van der Waals surface area contributed by atoms with E-state index in [0.29, 0.717) is 0 Å². The van der Waals surface area contributed by atoms with Gasteiger partial charge in [0.25, 0.3) is 0 Å². The Balaban J connectivity index is 2.44.